The quantitative estimate of drug-likeness (QED) is 0.762. The highest BCUT2D eigenvalue weighted by atomic mass is 16.5. The lowest BCUT2D eigenvalue weighted by Gasteiger charge is -2.22. The molecule has 0 aromatic heterocycles. The highest BCUT2D eigenvalue weighted by Crippen LogP contribution is 2.18. The zero-order valence-corrected chi connectivity index (χ0v) is 10.9. The minimum Gasteiger partial charge on any atom is -0.391 e. The fraction of sp³-hybridized carbons (Fsp3) is 1.00. The summed E-state index contributed by atoms with van der Waals surface area (Å²) in [7, 11) is 0. The molecule has 0 amide bonds. The second kappa shape index (κ2) is 6.58. The van der Waals surface area contributed by atoms with Crippen molar-refractivity contribution in [3.63, 3.8) is 0 Å². The second-order valence-corrected chi connectivity index (χ2v) is 5.64. The molecule has 1 aliphatic heterocycles. The summed E-state index contributed by atoms with van der Waals surface area (Å²) in [6.45, 7) is 7.37. The van der Waals surface area contributed by atoms with Gasteiger partial charge in [0.25, 0.3) is 0 Å². The van der Waals surface area contributed by atoms with Crippen molar-refractivity contribution in [3.8, 4) is 0 Å². The maximum absolute atomic E-state index is 9.72. The zero-order chi connectivity index (χ0) is 12.0. The Bertz CT molecular complexity index is 180. The average molecular weight is 230 g/mol. The van der Waals surface area contributed by atoms with Gasteiger partial charge in [0.15, 0.2) is 0 Å². The van der Waals surface area contributed by atoms with Crippen LogP contribution in [0.25, 0.3) is 0 Å². The Morgan fingerprint density at radius 1 is 1.44 bits per heavy atom. The molecule has 0 spiro atoms. The molecule has 96 valence electrons. The number of aliphatic hydroxyl groups excluding tert-OH is 1. The van der Waals surface area contributed by atoms with Gasteiger partial charge in [-0.3, -0.25) is 0 Å². The van der Waals surface area contributed by atoms with Crippen LogP contribution in [-0.4, -0.2) is 36.1 Å². The van der Waals surface area contributed by atoms with E-state index in [-0.39, 0.29) is 11.7 Å². The molecule has 3 nitrogen and oxygen atoms in total. The largest absolute Gasteiger partial charge is 0.391 e. The molecule has 0 aromatic rings. The Hall–Kier alpha value is -0.120. The second-order valence-electron chi connectivity index (χ2n) is 5.64. The zero-order valence-electron chi connectivity index (χ0n) is 10.9. The van der Waals surface area contributed by atoms with Gasteiger partial charge < -0.3 is 14.6 Å². The molecule has 0 aromatic carbocycles. The van der Waals surface area contributed by atoms with Crippen LogP contribution in [0.5, 0.6) is 0 Å². The first kappa shape index (κ1) is 13.9. The maximum atomic E-state index is 9.72. The van der Waals surface area contributed by atoms with E-state index >= 15 is 0 Å². The molecule has 3 heteroatoms. The molecule has 0 aliphatic carbocycles. The molecule has 1 heterocycles. The Morgan fingerprint density at radius 3 is 2.75 bits per heavy atom. The molecule has 1 fully saturated rings. The van der Waals surface area contributed by atoms with E-state index in [9.17, 15) is 5.11 Å². The number of aliphatic hydroxyl groups is 1. The summed E-state index contributed by atoms with van der Waals surface area (Å²) in [5.41, 5.74) is -0.157. The van der Waals surface area contributed by atoms with E-state index < -0.39 is 0 Å². The summed E-state index contributed by atoms with van der Waals surface area (Å²) < 4.78 is 11.1. The molecule has 2 unspecified atom stereocenters. The third-order valence-corrected chi connectivity index (χ3v) is 2.80. The van der Waals surface area contributed by atoms with Crippen molar-refractivity contribution in [1.29, 1.82) is 0 Å². The molecule has 16 heavy (non-hydrogen) atoms. The van der Waals surface area contributed by atoms with Gasteiger partial charge in [-0.05, 0) is 52.9 Å². The fourth-order valence-electron chi connectivity index (χ4n) is 1.88. The van der Waals surface area contributed by atoms with Gasteiger partial charge in [-0.1, -0.05) is 0 Å². The fourth-order valence-corrected chi connectivity index (χ4v) is 1.88. The molecule has 2 atom stereocenters. The van der Waals surface area contributed by atoms with Crippen molar-refractivity contribution >= 4 is 0 Å². The van der Waals surface area contributed by atoms with Gasteiger partial charge in [-0.2, -0.15) is 0 Å². The Balaban J connectivity index is 1.99. The summed E-state index contributed by atoms with van der Waals surface area (Å²) in [5, 5.41) is 9.72. The van der Waals surface area contributed by atoms with Gasteiger partial charge >= 0.3 is 0 Å². The Kier molecular flexibility index (Phi) is 5.73. The van der Waals surface area contributed by atoms with E-state index in [1.807, 2.05) is 20.8 Å². The summed E-state index contributed by atoms with van der Waals surface area (Å²) in [4.78, 5) is 0. The van der Waals surface area contributed by atoms with Crippen LogP contribution in [0.1, 0.15) is 52.9 Å². The van der Waals surface area contributed by atoms with Gasteiger partial charge in [0.2, 0.25) is 0 Å². The van der Waals surface area contributed by atoms with Crippen LogP contribution >= 0.6 is 0 Å². The highest BCUT2D eigenvalue weighted by molar-refractivity contribution is 4.67. The molecule has 1 N–H and O–H groups in total. The maximum Gasteiger partial charge on any atom is 0.0774 e. The molecule has 1 saturated heterocycles. The van der Waals surface area contributed by atoms with Crippen molar-refractivity contribution in [3.05, 3.63) is 0 Å². The number of rotatable bonds is 6. The minimum atomic E-state index is -0.333. The number of ether oxygens (including phenoxy) is 2. The van der Waals surface area contributed by atoms with Crippen molar-refractivity contribution in [2.75, 3.05) is 13.2 Å². The van der Waals surface area contributed by atoms with Crippen molar-refractivity contribution in [2.24, 2.45) is 0 Å². The number of hydrogen-bond donors (Lipinski definition) is 1. The molecule has 0 saturated carbocycles. The third-order valence-electron chi connectivity index (χ3n) is 2.80. The van der Waals surface area contributed by atoms with Gasteiger partial charge in [0.1, 0.15) is 0 Å². The highest BCUT2D eigenvalue weighted by Gasteiger charge is 2.17. The predicted octanol–water partition coefficient (Wildman–Crippen LogP) is 2.51. The average Bonchev–Trinajstić information content (AvgIpc) is 2.66. The monoisotopic (exact) mass is 230 g/mol. The first-order chi connectivity index (χ1) is 7.47. The smallest absolute Gasteiger partial charge is 0.0774 e. The van der Waals surface area contributed by atoms with Crippen LogP contribution in [0.2, 0.25) is 0 Å². The topological polar surface area (TPSA) is 38.7 Å². The lowest BCUT2D eigenvalue weighted by atomic mass is 10.1. The summed E-state index contributed by atoms with van der Waals surface area (Å²) in [5.74, 6) is 0. The van der Waals surface area contributed by atoms with Gasteiger partial charge in [-0.25, -0.2) is 0 Å². The van der Waals surface area contributed by atoms with Crippen molar-refractivity contribution in [2.45, 2.75) is 70.7 Å². The van der Waals surface area contributed by atoms with Crippen molar-refractivity contribution in [1.82, 2.24) is 0 Å². The van der Waals surface area contributed by atoms with Crippen LogP contribution in [0.15, 0.2) is 0 Å². The molecule has 0 radical (unpaired) electrons. The Labute approximate surface area is 99.1 Å². The lowest BCUT2D eigenvalue weighted by molar-refractivity contribution is -0.0515. The molecular formula is C13H26O3. The molecule has 1 rings (SSSR count). The van der Waals surface area contributed by atoms with E-state index in [0.29, 0.717) is 12.7 Å². The molecular weight excluding hydrogens is 204 g/mol. The van der Waals surface area contributed by atoms with E-state index in [1.165, 1.54) is 12.8 Å². The van der Waals surface area contributed by atoms with Gasteiger partial charge in [-0.15, -0.1) is 0 Å². The normalized spacial score (nSPS) is 23.6. The van der Waals surface area contributed by atoms with Crippen LogP contribution in [-0.2, 0) is 9.47 Å². The van der Waals surface area contributed by atoms with Gasteiger partial charge in [0.05, 0.1) is 24.4 Å². The van der Waals surface area contributed by atoms with Crippen molar-refractivity contribution < 1.29 is 14.6 Å². The first-order valence-corrected chi connectivity index (χ1v) is 6.41. The summed E-state index contributed by atoms with van der Waals surface area (Å²) in [6, 6.07) is 0. The lowest BCUT2D eigenvalue weighted by Crippen LogP contribution is -2.26. The van der Waals surface area contributed by atoms with E-state index in [4.69, 9.17) is 9.47 Å². The molecule has 1 aliphatic rings. The SMILES string of the molecule is CC(C)(C)OCC(O)CCCC1CCCO1. The third kappa shape index (κ3) is 6.46. The van der Waals surface area contributed by atoms with Crippen LogP contribution < -0.4 is 0 Å². The van der Waals surface area contributed by atoms with Crippen LogP contribution in [0.3, 0.4) is 0 Å². The first-order valence-electron chi connectivity index (χ1n) is 6.41. The minimum absolute atomic E-state index is 0.157. The standard InChI is InChI=1S/C13H26O3/c1-13(2,3)16-10-11(14)6-4-7-12-8-5-9-15-12/h11-12,14H,4-10H2,1-3H3. The number of hydrogen-bond acceptors (Lipinski definition) is 3. The van der Waals surface area contributed by atoms with Crippen LogP contribution in [0.4, 0.5) is 0 Å². The van der Waals surface area contributed by atoms with E-state index in [0.717, 1.165) is 25.9 Å². The Morgan fingerprint density at radius 2 is 2.19 bits per heavy atom. The molecule has 0 bridgehead atoms. The van der Waals surface area contributed by atoms with Crippen LogP contribution in [0, 0.1) is 0 Å². The van der Waals surface area contributed by atoms with Gasteiger partial charge in [0, 0.05) is 6.61 Å². The van der Waals surface area contributed by atoms with E-state index in [2.05, 4.69) is 0 Å². The summed E-state index contributed by atoms with van der Waals surface area (Å²) in [6.07, 6.45) is 5.41. The van der Waals surface area contributed by atoms with E-state index in [1.54, 1.807) is 0 Å². The predicted molar refractivity (Wildman–Crippen MR) is 64.5 cm³/mol. The summed E-state index contributed by atoms with van der Waals surface area (Å²) >= 11 is 0.